The summed E-state index contributed by atoms with van der Waals surface area (Å²) in [6.07, 6.45) is 3.82. The van der Waals surface area contributed by atoms with Gasteiger partial charge in [-0.2, -0.15) is 4.31 Å². The van der Waals surface area contributed by atoms with E-state index in [1.54, 1.807) is 12.1 Å². The first kappa shape index (κ1) is 23.9. The fourth-order valence-electron chi connectivity index (χ4n) is 4.67. The number of hydrogen-bond acceptors (Lipinski definition) is 6. The van der Waals surface area contributed by atoms with Crippen LogP contribution in [0, 0.1) is 6.92 Å². The molecule has 1 aliphatic carbocycles. The SMILES string of the molecule is CCN(c1nc(C)ccc1S(=O)(=O)N1CCC[C@H]1C(=O)N[C@@H]1CCCC[C@@H]1O)C(C)C. The number of sulfonamides is 1. The summed E-state index contributed by atoms with van der Waals surface area (Å²) < 4.78 is 28.7. The Hall–Kier alpha value is -1.71. The number of hydrogen-bond donors (Lipinski definition) is 2. The Bertz CT molecular complexity index is 889. The molecule has 1 saturated heterocycles. The maximum atomic E-state index is 13.7. The normalized spacial score (nSPS) is 25.0. The van der Waals surface area contributed by atoms with Crippen molar-refractivity contribution in [2.45, 2.75) is 95.3 Å². The van der Waals surface area contributed by atoms with Crippen molar-refractivity contribution in [3.05, 3.63) is 17.8 Å². The first-order valence-corrected chi connectivity index (χ1v) is 12.9. The Labute approximate surface area is 186 Å². The molecule has 8 nitrogen and oxygen atoms in total. The van der Waals surface area contributed by atoms with Gasteiger partial charge in [0.05, 0.1) is 12.1 Å². The monoisotopic (exact) mass is 452 g/mol. The van der Waals surface area contributed by atoms with Crippen molar-refractivity contribution in [2.24, 2.45) is 0 Å². The fourth-order valence-corrected chi connectivity index (χ4v) is 6.46. The lowest BCUT2D eigenvalue weighted by atomic mass is 9.92. The van der Waals surface area contributed by atoms with Crippen molar-refractivity contribution in [1.82, 2.24) is 14.6 Å². The van der Waals surface area contributed by atoms with Gasteiger partial charge in [-0.3, -0.25) is 4.79 Å². The third kappa shape index (κ3) is 5.04. The molecule has 174 valence electrons. The molecule has 1 aliphatic heterocycles. The first-order chi connectivity index (χ1) is 14.7. The van der Waals surface area contributed by atoms with Crippen LogP contribution in [0.25, 0.3) is 0 Å². The van der Waals surface area contributed by atoms with E-state index in [-0.39, 0.29) is 22.9 Å². The van der Waals surface area contributed by atoms with Gasteiger partial charge in [0.15, 0.2) is 0 Å². The smallest absolute Gasteiger partial charge is 0.247 e. The van der Waals surface area contributed by atoms with Gasteiger partial charge in [0.2, 0.25) is 15.9 Å². The van der Waals surface area contributed by atoms with E-state index >= 15 is 0 Å². The minimum absolute atomic E-state index is 0.0821. The fraction of sp³-hybridized carbons (Fsp3) is 0.727. The van der Waals surface area contributed by atoms with Crippen molar-refractivity contribution in [1.29, 1.82) is 0 Å². The summed E-state index contributed by atoms with van der Waals surface area (Å²) in [4.78, 5) is 19.7. The van der Waals surface area contributed by atoms with Crippen molar-refractivity contribution in [3.63, 3.8) is 0 Å². The Balaban J connectivity index is 1.89. The van der Waals surface area contributed by atoms with E-state index in [1.165, 1.54) is 4.31 Å². The third-order valence-electron chi connectivity index (χ3n) is 6.36. The summed E-state index contributed by atoms with van der Waals surface area (Å²) in [6.45, 7) is 8.75. The quantitative estimate of drug-likeness (QED) is 0.657. The molecule has 2 heterocycles. The summed E-state index contributed by atoms with van der Waals surface area (Å²) in [5.41, 5.74) is 0.745. The van der Waals surface area contributed by atoms with Crippen LogP contribution >= 0.6 is 0 Å². The Morgan fingerprint density at radius 3 is 2.61 bits per heavy atom. The van der Waals surface area contributed by atoms with Crippen LogP contribution in [0.4, 0.5) is 5.82 Å². The molecule has 1 aromatic heterocycles. The van der Waals surface area contributed by atoms with Gasteiger partial charge in [0.1, 0.15) is 16.8 Å². The molecule has 3 rings (SSSR count). The number of carbonyl (C=O) groups is 1. The predicted octanol–water partition coefficient (Wildman–Crippen LogP) is 2.20. The zero-order valence-electron chi connectivity index (χ0n) is 19.0. The number of pyridine rings is 1. The summed E-state index contributed by atoms with van der Waals surface area (Å²) in [7, 11) is -3.92. The van der Waals surface area contributed by atoms with E-state index in [2.05, 4.69) is 10.3 Å². The predicted molar refractivity (Wildman–Crippen MR) is 120 cm³/mol. The number of amides is 1. The minimum atomic E-state index is -3.92. The van der Waals surface area contributed by atoms with E-state index in [1.807, 2.05) is 32.6 Å². The summed E-state index contributed by atoms with van der Waals surface area (Å²) in [5, 5.41) is 13.1. The number of nitrogens with zero attached hydrogens (tertiary/aromatic N) is 3. The highest BCUT2D eigenvalue weighted by Crippen LogP contribution is 2.32. The molecule has 1 saturated carbocycles. The molecule has 31 heavy (non-hydrogen) atoms. The van der Waals surface area contributed by atoms with Crippen LogP contribution < -0.4 is 10.2 Å². The van der Waals surface area contributed by atoms with Crippen molar-refractivity contribution in [3.8, 4) is 0 Å². The van der Waals surface area contributed by atoms with E-state index in [4.69, 9.17) is 0 Å². The molecule has 0 spiro atoms. The van der Waals surface area contributed by atoms with Gasteiger partial charge in [-0.05, 0) is 65.5 Å². The van der Waals surface area contributed by atoms with Crippen LogP contribution in [0.1, 0.15) is 65.0 Å². The van der Waals surface area contributed by atoms with Gasteiger partial charge in [-0.25, -0.2) is 13.4 Å². The molecule has 0 aromatic carbocycles. The van der Waals surface area contributed by atoms with Crippen LogP contribution in [-0.4, -0.2) is 66.0 Å². The van der Waals surface area contributed by atoms with Gasteiger partial charge < -0.3 is 15.3 Å². The minimum Gasteiger partial charge on any atom is -0.391 e. The first-order valence-electron chi connectivity index (χ1n) is 11.4. The van der Waals surface area contributed by atoms with E-state index in [0.29, 0.717) is 38.2 Å². The third-order valence-corrected chi connectivity index (χ3v) is 8.29. The lowest BCUT2D eigenvalue weighted by Crippen LogP contribution is -2.52. The highest BCUT2D eigenvalue weighted by atomic mass is 32.2. The number of aryl methyl sites for hydroxylation is 1. The highest BCUT2D eigenvalue weighted by Gasteiger charge is 2.42. The molecule has 9 heteroatoms. The highest BCUT2D eigenvalue weighted by molar-refractivity contribution is 7.89. The molecule has 1 aromatic rings. The maximum Gasteiger partial charge on any atom is 0.247 e. The van der Waals surface area contributed by atoms with Crippen LogP contribution in [0.5, 0.6) is 0 Å². The molecule has 0 bridgehead atoms. The van der Waals surface area contributed by atoms with Crippen molar-refractivity contribution >= 4 is 21.7 Å². The van der Waals surface area contributed by atoms with Gasteiger partial charge in [0, 0.05) is 24.8 Å². The van der Waals surface area contributed by atoms with E-state index < -0.39 is 22.2 Å². The second kappa shape index (κ2) is 9.83. The summed E-state index contributed by atoms with van der Waals surface area (Å²) in [5.74, 6) is 0.121. The van der Waals surface area contributed by atoms with Gasteiger partial charge in [-0.1, -0.05) is 12.8 Å². The van der Waals surface area contributed by atoms with Crippen molar-refractivity contribution < 1.29 is 18.3 Å². The maximum absolute atomic E-state index is 13.7. The van der Waals surface area contributed by atoms with E-state index in [0.717, 1.165) is 25.0 Å². The van der Waals surface area contributed by atoms with Crippen molar-refractivity contribution in [2.75, 3.05) is 18.0 Å². The Kier molecular flexibility index (Phi) is 7.59. The molecule has 0 radical (unpaired) electrons. The molecular formula is C22H36N4O4S. The summed E-state index contributed by atoms with van der Waals surface area (Å²) in [6, 6.07) is 2.32. The number of aromatic nitrogens is 1. The largest absolute Gasteiger partial charge is 0.391 e. The number of aliphatic hydroxyl groups excluding tert-OH is 1. The zero-order chi connectivity index (χ0) is 22.8. The molecule has 1 amide bonds. The van der Waals surface area contributed by atoms with Gasteiger partial charge >= 0.3 is 0 Å². The average Bonchev–Trinajstić information content (AvgIpc) is 3.21. The zero-order valence-corrected chi connectivity index (χ0v) is 19.9. The lowest BCUT2D eigenvalue weighted by Gasteiger charge is -2.32. The standard InChI is InChI=1S/C22H36N4O4S/c1-5-25(15(2)3)21-20(13-12-16(4)23-21)31(29,30)26-14-8-10-18(26)22(28)24-17-9-6-7-11-19(17)27/h12-13,15,17-19,27H,5-11,14H2,1-4H3,(H,24,28)/t17-,18+,19+/m1/s1. The lowest BCUT2D eigenvalue weighted by molar-refractivity contribution is -0.126. The van der Waals surface area contributed by atoms with Crippen LogP contribution in [-0.2, 0) is 14.8 Å². The average molecular weight is 453 g/mol. The second-order valence-electron chi connectivity index (χ2n) is 8.89. The number of rotatable bonds is 7. The van der Waals surface area contributed by atoms with Gasteiger partial charge in [-0.15, -0.1) is 0 Å². The number of aliphatic hydroxyl groups is 1. The number of nitrogens with one attached hydrogen (secondary N) is 1. The Morgan fingerprint density at radius 2 is 1.97 bits per heavy atom. The molecule has 2 N–H and O–H groups in total. The molecular weight excluding hydrogens is 416 g/mol. The number of carbonyl (C=O) groups excluding carboxylic acids is 1. The summed E-state index contributed by atoms with van der Waals surface area (Å²) >= 11 is 0. The molecule has 2 fully saturated rings. The number of anilines is 1. The molecule has 3 atom stereocenters. The van der Waals surface area contributed by atoms with Crippen LogP contribution in [0.3, 0.4) is 0 Å². The van der Waals surface area contributed by atoms with E-state index in [9.17, 15) is 18.3 Å². The Morgan fingerprint density at radius 1 is 1.26 bits per heavy atom. The molecule has 0 unspecified atom stereocenters. The van der Waals surface area contributed by atoms with Crippen LogP contribution in [0.15, 0.2) is 17.0 Å². The van der Waals surface area contributed by atoms with Gasteiger partial charge in [0.25, 0.3) is 0 Å². The molecule has 2 aliphatic rings. The second-order valence-corrected chi connectivity index (χ2v) is 10.8. The topological polar surface area (TPSA) is 103 Å². The van der Waals surface area contributed by atoms with Crippen LogP contribution in [0.2, 0.25) is 0 Å².